The molecular weight excluding hydrogens is 290 g/mol. The number of aryl methyl sites for hydroxylation is 1. The summed E-state index contributed by atoms with van der Waals surface area (Å²) in [5.74, 6) is -0.242. The molecule has 2 aromatic heterocycles. The van der Waals surface area contributed by atoms with E-state index < -0.39 is 0 Å². The fraction of sp³-hybridized carbons (Fsp3) is 0.0714. The van der Waals surface area contributed by atoms with E-state index in [1.165, 1.54) is 4.68 Å². The van der Waals surface area contributed by atoms with Crippen molar-refractivity contribution in [3.63, 3.8) is 0 Å². The summed E-state index contributed by atoms with van der Waals surface area (Å²) in [6, 6.07) is 9.00. The van der Waals surface area contributed by atoms with Gasteiger partial charge in [-0.15, -0.1) is 0 Å². The van der Waals surface area contributed by atoms with Crippen molar-refractivity contribution >= 4 is 23.2 Å². The van der Waals surface area contributed by atoms with Crippen LogP contribution >= 0.6 is 11.6 Å². The number of halogens is 1. The quantitative estimate of drug-likeness (QED) is 0.808. The van der Waals surface area contributed by atoms with Gasteiger partial charge in [-0.05, 0) is 18.2 Å². The molecule has 0 aliphatic carbocycles. The molecule has 0 atom stereocenters. The lowest BCUT2D eigenvalue weighted by molar-refractivity contribution is 0.101. The number of rotatable bonds is 3. The van der Waals surface area contributed by atoms with Gasteiger partial charge in [0.25, 0.3) is 5.91 Å². The average Bonchev–Trinajstić information content (AvgIpc) is 3.08. The maximum atomic E-state index is 12.1. The topological polar surface area (TPSA) is 64.7 Å². The van der Waals surface area contributed by atoms with Gasteiger partial charge >= 0.3 is 0 Å². The number of hydrogen-bond donors (Lipinski definition) is 1. The number of benzene rings is 1. The third-order valence-corrected chi connectivity index (χ3v) is 3.31. The maximum absolute atomic E-state index is 12.1. The number of anilines is 1. The molecule has 0 fully saturated rings. The molecular formula is C14H12ClN5O. The lowest BCUT2D eigenvalue weighted by Gasteiger charge is -2.03. The zero-order valence-corrected chi connectivity index (χ0v) is 11.9. The highest BCUT2D eigenvalue weighted by atomic mass is 35.5. The predicted octanol–water partition coefficient (Wildman–Crippen LogP) is 2.51. The molecule has 3 aromatic rings. The first kappa shape index (κ1) is 13.4. The summed E-state index contributed by atoms with van der Waals surface area (Å²) in [6.45, 7) is 0. The van der Waals surface area contributed by atoms with E-state index in [0.717, 1.165) is 5.69 Å². The van der Waals surface area contributed by atoms with E-state index in [9.17, 15) is 4.79 Å². The molecule has 1 N–H and O–H groups in total. The number of carbonyl (C=O) groups excluding carboxylic acids is 1. The van der Waals surface area contributed by atoms with Gasteiger partial charge in [0.1, 0.15) is 5.69 Å². The van der Waals surface area contributed by atoms with Crippen LogP contribution < -0.4 is 5.32 Å². The molecule has 0 spiro atoms. The van der Waals surface area contributed by atoms with Crippen molar-refractivity contribution in [2.75, 3.05) is 5.32 Å². The molecule has 3 rings (SSSR count). The van der Waals surface area contributed by atoms with Gasteiger partial charge in [0.05, 0.1) is 28.8 Å². The number of nitrogens with zero attached hydrogens (tertiary/aromatic N) is 4. The highest BCUT2D eigenvalue weighted by molar-refractivity contribution is 6.32. The van der Waals surface area contributed by atoms with Gasteiger partial charge < -0.3 is 5.32 Å². The van der Waals surface area contributed by atoms with Crippen molar-refractivity contribution in [2.45, 2.75) is 0 Å². The van der Waals surface area contributed by atoms with Crippen molar-refractivity contribution in [1.29, 1.82) is 0 Å². The number of amides is 1. The van der Waals surface area contributed by atoms with Crippen LogP contribution in [0, 0.1) is 0 Å². The van der Waals surface area contributed by atoms with Crippen LogP contribution in [0.2, 0.25) is 5.02 Å². The summed E-state index contributed by atoms with van der Waals surface area (Å²) >= 11 is 6.12. The van der Waals surface area contributed by atoms with Crippen LogP contribution in [0.15, 0.2) is 48.9 Å². The van der Waals surface area contributed by atoms with Crippen molar-refractivity contribution in [2.24, 2.45) is 7.05 Å². The smallest absolute Gasteiger partial charge is 0.274 e. The van der Waals surface area contributed by atoms with Crippen LogP contribution in [0.25, 0.3) is 5.69 Å². The fourth-order valence-electron chi connectivity index (χ4n) is 1.95. The minimum absolute atomic E-state index is 0.242. The Morgan fingerprint density at radius 2 is 2.05 bits per heavy atom. The summed E-state index contributed by atoms with van der Waals surface area (Å²) in [6.07, 6.45) is 4.84. The molecule has 6 nitrogen and oxygen atoms in total. The number of carbonyl (C=O) groups is 1. The van der Waals surface area contributed by atoms with Crippen LogP contribution in [0.4, 0.5) is 5.69 Å². The second-order valence-corrected chi connectivity index (χ2v) is 4.83. The summed E-state index contributed by atoms with van der Waals surface area (Å²) in [5.41, 5.74) is 1.81. The van der Waals surface area contributed by atoms with Crippen LogP contribution in [-0.2, 0) is 7.05 Å². The first-order valence-corrected chi connectivity index (χ1v) is 6.62. The number of para-hydroxylation sites is 1. The number of aromatic nitrogens is 4. The van der Waals surface area contributed by atoms with Crippen molar-refractivity contribution in [3.05, 3.63) is 59.6 Å². The molecule has 21 heavy (non-hydrogen) atoms. The Labute approximate surface area is 126 Å². The largest absolute Gasteiger partial charge is 0.318 e. The van der Waals surface area contributed by atoms with Crippen LogP contribution in [-0.4, -0.2) is 25.5 Å². The normalized spacial score (nSPS) is 10.6. The van der Waals surface area contributed by atoms with Gasteiger partial charge in [-0.2, -0.15) is 10.2 Å². The Hall–Kier alpha value is -2.60. The Kier molecular flexibility index (Phi) is 3.45. The minimum Gasteiger partial charge on any atom is -0.318 e. The molecule has 0 saturated heterocycles. The lowest BCUT2D eigenvalue weighted by atomic mass is 10.3. The minimum atomic E-state index is -0.242. The van der Waals surface area contributed by atoms with E-state index >= 15 is 0 Å². The van der Waals surface area contributed by atoms with Gasteiger partial charge in [-0.25, -0.2) is 4.68 Å². The van der Waals surface area contributed by atoms with E-state index in [1.807, 2.05) is 18.2 Å². The van der Waals surface area contributed by atoms with Crippen LogP contribution in [0.3, 0.4) is 0 Å². The fourth-order valence-corrected chi connectivity index (χ4v) is 2.17. The molecule has 0 aliphatic heterocycles. The first-order chi connectivity index (χ1) is 10.1. The standard InChI is InChI=1S/C14H12ClN5O/c1-19-13(6-7-16-19)14(21)18-10-8-17-20(9-10)12-5-3-2-4-11(12)15/h2-9H,1H3,(H,18,21). The zero-order valence-electron chi connectivity index (χ0n) is 11.2. The van der Waals surface area contributed by atoms with E-state index in [-0.39, 0.29) is 5.91 Å². The maximum Gasteiger partial charge on any atom is 0.274 e. The predicted molar refractivity (Wildman–Crippen MR) is 79.7 cm³/mol. The molecule has 7 heteroatoms. The second-order valence-electron chi connectivity index (χ2n) is 4.42. The van der Waals surface area contributed by atoms with Gasteiger partial charge in [0.15, 0.2) is 0 Å². The molecule has 0 aliphatic rings. The van der Waals surface area contributed by atoms with Gasteiger partial charge in [-0.1, -0.05) is 23.7 Å². The highest BCUT2D eigenvalue weighted by Crippen LogP contribution is 2.20. The molecule has 0 unspecified atom stereocenters. The van der Waals surface area contributed by atoms with E-state index in [0.29, 0.717) is 16.4 Å². The second kappa shape index (κ2) is 5.41. The monoisotopic (exact) mass is 301 g/mol. The number of nitrogens with one attached hydrogen (secondary N) is 1. The Bertz CT molecular complexity index is 792. The van der Waals surface area contributed by atoms with Gasteiger partial charge in [0, 0.05) is 13.2 Å². The van der Waals surface area contributed by atoms with Gasteiger partial charge in [-0.3, -0.25) is 9.48 Å². The first-order valence-electron chi connectivity index (χ1n) is 6.24. The summed E-state index contributed by atoms with van der Waals surface area (Å²) in [7, 11) is 1.71. The third-order valence-electron chi connectivity index (χ3n) is 2.99. The molecule has 1 amide bonds. The van der Waals surface area contributed by atoms with Crippen molar-refractivity contribution in [3.8, 4) is 5.69 Å². The summed E-state index contributed by atoms with van der Waals surface area (Å²) in [4.78, 5) is 12.1. The van der Waals surface area contributed by atoms with E-state index in [1.54, 1.807) is 42.5 Å². The van der Waals surface area contributed by atoms with Crippen LogP contribution in [0.1, 0.15) is 10.5 Å². The zero-order chi connectivity index (χ0) is 14.8. The Morgan fingerprint density at radius 3 is 2.76 bits per heavy atom. The molecule has 106 valence electrons. The summed E-state index contributed by atoms with van der Waals surface area (Å²) in [5, 5.41) is 11.5. The third kappa shape index (κ3) is 2.66. The van der Waals surface area contributed by atoms with Gasteiger partial charge in [0.2, 0.25) is 0 Å². The lowest BCUT2D eigenvalue weighted by Crippen LogP contribution is -2.15. The van der Waals surface area contributed by atoms with Crippen molar-refractivity contribution in [1.82, 2.24) is 19.6 Å². The van der Waals surface area contributed by atoms with Crippen LogP contribution in [0.5, 0.6) is 0 Å². The SMILES string of the molecule is Cn1nccc1C(=O)Nc1cnn(-c2ccccc2Cl)c1. The Morgan fingerprint density at radius 1 is 1.24 bits per heavy atom. The molecule has 1 aromatic carbocycles. The molecule has 0 saturated carbocycles. The average molecular weight is 302 g/mol. The Balaban J connectivity index is 1.82. The molecule has 2 heterocycles. The molecule has 0 bridgehead atoms. The van der Waals surface area contributed by atoms with E-state index in [4.69, 9.17) is 11.6 Å². The molecule has 0 radical (unpaired) electrons. The van der Waals surface area contributed by atoms with Crippen molar-refractivity contribution < 1.29 is 4.79 Å². The number of hydrogen-bond acceptors (Lipinski definition) is 3. The van der Waals surface area contributed by atoms with E-state index in [2.05, 4.69) is 15.5 Å². The highest BCUT2D eigenvalue weighted by Gasteiger charge is 2.11. The summed E-state index contributed by atoms with van der Waals surface area (Å²) < 4.78 is 3.12.